The van der Waals surface area contributed by atoms with Gasteiger partial charge in [0.15, 0.2) is 5.82 Å². The molecular weight excluding hydrogens is 244 g/mol. The van der Waals surface area contributed by atoms with Crippen LogP contribution in [0.25, 0.3) is 0 Å². The summed E-state index contributed by atoms with van der Waals surface area (Å²) < 4.78 is 5.08. The maximum atomic E-state index is 11.1. The Labute approximate surface area is 107 Å². The summed E-state index contributed by atoms with van der Waals surface area (Å²) in [6, 6.07) is -0.320. The van der Waals surface area contributed by atoms with E-state index in [2.05, 4.69) is 15.5 Å². The van der Waals surface area contributed by atoms with Gasteiger partial charge in [0.1, 0.15) is 6.04 Å². The van der Waals surface area contributed by atoms with Gasteiger partial charge in [-0.2, -0.15) is 4.98 Å². The Morgan fingerprint density at radius 2 is 2.12 bits per heavy atom. The van der Waals surface area contributed by atoms with Crippen LogP contribution in [-0.4, -0.2) is 22.6 Å². The number of hydrogen-bond donors (Lipinski definition) is 2. The molecule has 0 saturated heterocycles. The summed E-state index contributed by atoms with van der Waals surface area (Å²) in [7, 11) is 0. The highest BCUT2D eigenvalue weighted by atomic mass is 35.5. The van der Waals surface area contributed by atoms with Crippen LogP contribution in [0.3, 0.4) is 0 Å². The van der Waals surface area contributed by atoms with Crippen molar-refractivity contribution in [2.45, 2.75) is 39.2 Å². The fourth-order valence-electron chi connectivity index (χ4n) is 1.08. The molecule has 0 bridgehead atoms. The van der Waals surface area contributed by atoms with Crippen LogP contribution in [0.2, 0.25) is 0 Å². The highest BCUT2D eigenvalue weighted by molar-refractivity contribution is 5.85. The molecule has 98 valence electrons. The van der Waals surface area contributed by atoms with Crippen molar-refractivity contribution in [2.24, 2.45) is 5.73 Å². The van der Waals surface area contributed by atoms with Crippen molar-refractivity contribution < 1.29 is 9.32 Å². The van der Waals surface area contributed by atoms with E-state index >= 15 is 0 Å². The van der Waals surface area contributed by atoms with Gasteiger partial charge in [-0.1, -0.05) is 25.9 Å². The maximum absolute atomic E-state index is 11.1. The van der Waals surface area contributed by atoms with E-state index in [9.17, 15) is 4.79 Å². The average molecular weight is 263 g/mol. The fourth-order valence-corrected chi connectivity index (χ4v) is 1.08. The van der Waals surface area contributed by atoms with Crippen molar-refractivity contribution >= 4 is 18.3 Å². The third-order valence-corrected chi connectivity index (χ3v) is 2.05. The molecule has 1 unspecified atom stereocenters. The van der Waals surface area contributed by atoms with Crippen molar-refractivity contribution in [1.29, 1.82) is 0 Å². The molecule has 0 aliphatic carbocycles. The quantitative estimate of drug-likeness (QED) is 0.845. The topological polar surface area (TPSA) is 94.0 Å². The van der Waals surface area contributed by atoms with Gasteiger partial charge in [-0.25, -0.2) is 0 Å². The molecule has 1 aromatic rings. The highest BCUT2D eigenvalue weighted by Gasteiger charge is 2.23. The van der Waals surface area contributed by atoms with Gasteiger partial charge in [0.05, 0.1) is 6.54 Å². The van der Waals surface area contributed by atoms with Crippen LogP contribution in [0.1, 0.15) is 45.5 Å². The van der Waals surface area contributed by atoms with Crippen LogP contribution in [0.4, 0.5) is 0 Å². The predicted octanol–water partition coefficient (Wildman–Crippen LogP) is 0.925. The van der Waals surface area contributed by atoms with Gasteiger partial charge >= 0.3 is 0 Å². The largest absolute Gasteiger partial charge is 0.343 e. The molecule has 1 atom stereocenters. The molecule has 6 nitrogen and oxygen atoms in total. The lowest BCUT2D eigenvalue weighted by Gasteiger charge is -2.11. The first-order valence-electron chi connectivity index (χ1n) is 5.18. The summed E-state index contributed by atoms with van der Waals surface area (Å²) in [6.07, 6.45) is 0. The minimum atomic E-state index is -0.320. The molecule has 17 heavy (non-hydrogen) atoms. The predicted molar refractivity (Wildman–Crippen MR) is 65.9 cm³/mol. The molecule has 1 amide bonds. The number of carbonyl (C=O) groups is 1. The molecule has 1 heterocycles. The first kappa shape index (κ1) is 15.9. The van der Waals surface area contributed by atoms with Gasteiger partial charge in [-0.15, -0.1) is 12.4 Å². The van der Waals surface area contributed by atoms with Crippen molar-refractivity contribution in [1.82, 2.24) is 15.5 Å². The van der Waals surface area contributed by atoms with Gasteiger partial charge < -0.3 is 15.6 Å². The van der Waals surface area contributed by atoms with E-state index in [1.807, 2.05) is 20.8 Å². The zero-order valence-electron chi connectivity index (χ0n) is 10.5. The third-order valence-electron chi connectivity index (χ3n) is 2.05. The van der Waals surface area contributed by atoms with Crippen molar-refractivity contribution in [3.8, 4) is 0 Å². The van der Waals surface area contributed by atoms with E-state index in [1.54, 1.807) is 6.92 Å². The Hall–Kier alpha value is -1.14. The Kier molecular flexibility index (Phi) is 5.57. The first-order valence-corrected chi connectivity index (χ1v) is 5.18. The number of amides is 1. The van der Waals surface area contributed by atoms with Gasteiger partial charge in [0.25, 0.3) is 0 Å². The fraction of sp³-hybridized carbons (Fsp3) is 0.700. The minimum absolute atomic E-state index is 0. The van der Waals surface area contributed by atoms with Gasteiger partial charge in [0, 0.05) is 5.41 Å². The molecule has 7 heteroatoms. The van der Waals surface area contributed by atoms with Crippen LogP contribution < -0.4 is 11.1 Å². The van der Waals surface area contributed by atoms with E-state index in [4.69, 9.17) is 10.3 Å². The van der Waals surface area contributed by atoms with Crippen LogP contribution in [0.15, 0.2) is 4.52 Å². The normalized spacial score (nSPS) is 12.8. The first-order chi connectivity index (χ1) is 7.34. The molecule has 1 rings (SSSR count). The number of nitrogens with one attached hydrogen (secondary N) is 1. The van der Waals surface area contributed by atoms with Gasteiger partial charge in [-0.05, 0) is 6.92 Å². The average Bonchev–Trinajstić information content (AvgIpc) is 2.65. The molecule has 0 radical (unpaired) electrons. The van der Waals surface area contributed by atoms with Gasteiger partial charge in [0.2, 0.25) is 11.8 Å². The summed E-state index contributed by atoms with van der Waals surface area (Å²) >= 11 is 0. The Balaban J connectivity index is 0.00000256. The smallest absolute Gasteiger partial charge is 0.248 e. The Morgan fingerprint density at radius 3 is 2.53 bits per heavy atom. The SMILES string of the molecule is CC(NC(=O)CN)c1nc(C(C)(C)C)no1.Cl. The molecule has 0 spiro atoms. The molecule has 0 aliphatic heterocycles. The number of halogens is 1. The third kappa shape index (κ3) is 4.32. The number of nitrogens with two attached hydrogens (primary N) is 1. The summed E-state index contributed by atoms with van der Waals surface area (Å²) in [5.74, 6) is 0.770. The van der Waals surface area contributed by atoms with Crippen LogP contribution >= 0.6 is 12.4 Å². The van der Waals surface area contributed by atoms with E-state index in [1.165, 1.54) is 0 Å². The lowest BCUT2D eigenvalue weighted by atomic mass is 9.96. The lowest BCUT2D eigenvalue weighted by molar-refractivity contribution is -0.120. The molecule has 0 aliphatic rings. The summed E-state index contributed by atoms with van der Waals surface area (Å²) in [5.41, 5.74) is 5.03. The summed E-state index contributed by atoms with van der Waals surface area (Å²) in [5, 5.41) is 6.52. The molecule has 3 N–H and O–H groups in total. The second-order valence-electron chi connectivity index (χ2n) is 4.70. The van der Waals surface area contributed by atoms with Crippen LogP contribution in [0, 0.1) is 0 Å². The van der Waals surface area contributed by atoms with E-state index in [-0.39, 0.29) is 36.3 Å². The van der Waals surface area contributed by atoms with Gasteiger partial charge in [-0.3, -0.25) is 4.79 Å². The molecular formula is C10H19ClN4O2. The lowest BCUT2D eigenvalue weighted by Crippen LogP contribution is -2.32. The second kappa shape index (κ2) is 5.97. The zero-order chi connectivity index (χ0) is 12.3. The van der Waals surface area contributed by atoms with Crippen molar-refractivity contribution in [2.75, 3.05) is 6.54 Å². The van der Waals surface area contributed by atoms with Crippen molar-refractivity contribution in [3.05, 3.63) is 11.7 Å². The van der Waals surface area contributed by atoms with Crippen LogP contribution in [-0.2, 0) is 10.2 Å². The molecule has 0 saturated carbocycles. The zero-order valence-corrected chi connectivity index (χ0v) is 11.3. The van der Waals surface area contributed by atoms with E-state index in [0.717, 1.165) is 0 Å². The monoisotopic (exact) mass is 262 g/mol. The molecule has 0 fully saturated rings. The number of aromatic nitrogens is 2. The van der Waals surface area contributed by atoms with E-state index in [0.29, 0.717) is 11.7 Å². The van der Waals surface area contributed by atoms with E-state index < -0.39 is 0 Å². The Morgan fingerprint density at radius 1 is 1.53 bits per heavy atom. The molecule has 1 aromatic heterocycles. The molecule has 0 aromatic carbocycles. The highest BCUT2D eigenvalue weighted by Crippen LogP contribution is 2.20. The van der Waals surface area contributed by atoms with Crippen LogP contribution in [0.5, 0.6) is 0 Å². The standard InChI is InChI=1S/C10H18N4O2.ClH/c1-6(12-7(15)5-11)8-13-9(14-16-8)10(2,3)4;/h6H,5,11H2,1-4H3,(H,12,15);1H. The number of nitrogens with zero attached hydrogens (tertiary/aromatic N) is 2. The summed E-state index contributed by atoms with van der Waals surface area (Å²) in [6.45, 7) is 7.69. The number of hydrogen-bond acceptors (Lipinski definition) is 5. The maximum Gasteiger partial charge on any atom is 0.248 e. The summed E-state index contributed by atoms with van der Waals surface area (Å²) in [4.78, 5) is 15.3. The number of carbonyl (C=O) groups excluding carboxylic acids is 1. The minimum Gasteiger partial charge on any atom is -0.343 e. The second-order valence-corrected chi connectivity index (χ2v) is 4.70. The number of rotatable bonds is 3. The Bertz CT molecular complexity index is 373. The van der Waals surface area contributed by atoms with Crippen molar-refractivity contribution in [3.63, 3.8) is 0 Å².